The van der Waals surface area contributed by atoms with Gasteiger partial charge in [-0.05, 0) is 36.4 Å². The van der Waals surface area contributed by atoms with E-state index in [2.05, 4.69) is 19.9 Å². The summed E-state index contributed by atoms with van der Waals surface area (Å²) in [7, 11) is -1.74. The fourth-order valence-corrected chi connectivity index (χ4v) is 5.50. The molecule has 8 nitrogen and oxygen atoms in total. The molecule has 1 aliphatic rings. The van der Waals surface area contributed by atoms with Crippen LogP contribution in [0.1, 0.15) is 5.56 Å². The predicted molar refractivity (Wildman–Crippen MR) is 131 cm³/mol. The summed E-state index contributed by atoms with van der Waals surface area (Å²) in [5.74, 6) is 1.29. The normalized spacial score (nSPS) is 14.3. The summed E-state index contributed by atoms with van der Waals surface area (Å²) < 4.78 is 30.5. The number of rotatable bonds is 6. The lowest BCUT2D eigenvalue weighted by molar-refractivity contribution is 0.398. The van der Waals surface area contributed by atoms with Crippen LogP contribution in [0.15, 0.2) is 90.3 Å². The van der Waals surface area contributed by atoms with Gasteiger partial charge in [-0.15, -0.1) is 0 Å². The average Bonchev–Trinajstić information content (AvgIpc) is 2.88. The summed E-state index contributed by atoms with van der Waals surface area (Å²) in [6, 6.07) is 18.6. The van der Waals surface area contributed by atoms with Gasteiger partial charge in [0.15, 0.2) is 9.84 Å². The maximum absolute atomic E-state index is 12.7. The van der Waals surface area contributed by atoms with Crippen LogP contribution in [0.4, 0.5) is 22.9 Å². The summed E-state index contributed by atoms with van der Waals surface area (Å²) >= 11 is 0. The largest absolute Gasteiger partial charge is 0.481 e. The number of nitrogens with zero attached hydrogens (tertiary/aromatic N) is 5. The molecule has 1 aromatic carbocycles. The van der Waals surface area contributed by atoms with Crippen molar-refractivity contribution in [2.75, 3.05) is 29.2 Å². The zero-order valence-electron chi connectivity index (χ0n) is 18.6. The lowest BCUT2D eigenvalue weighted by Gasteiger charge is -2.32. The molecule has 0 radical (unpaired) electrons. The summed E-state index contributed by atoms with van der Waals surface area (Å²) in [5.41, 5.74) is 3.35. The molecule has 0 saturated heterocycles. The van der Waals surface area contributed by atoms with Crippen molar-refractivity contribution in [3.8, 4) is 5.88 Å². The molecule has 0 aliphatic carbocycles. The molecule has 0 spiro atoms. The van der Waals surface area contributed by atoms with Crippen molar-refractivity contribution in [3.05, 3.63) is 91.0 Å². The van der Waals surface area contributed by atoms with Gasteiger partial charge in [0.05, 0.1) is 53.8 Å². The molecule has 172 valence electrons. The number of hydrogen-bond acceptors (Lipinski definition) is 8. The molecule has 0 bridgehead atoms. The molecule has 0 amide bonds. The molecule has 1 aliphatic heterocycles. The molecule has 0 saturated carbocycles. The SMILES string of the molecule is COc1ccc(N(Cc2cccnc2N2CCS(=O)(=O)c3ccccc32)c2cccnc2)cn1. The number of anilines is 4. The minimum absolute atomic E-state index is 0.0365. The van der Waals surface area contributed by atoms with Gasteiger partial charge in [-0.25, -0.2) is 18.4 Å². The summed E-state index contributed by atoms with van der Waals surface area (Å²) in [6.45, 7) is 0.814. The summed E-state index contributed by atoms with van der Waals surface area (Å²) in [5, 5.41) is 0. The van der Waals surface area contributed by atoms with E-state index in [-0.39, 0.29) is 5.75 Å². The Labute approximate surface area is 198 Å². The highest BCUT2D eigenvalue weighted by Crippen LogP contribution is 2.37. The van der Waals surface area contributed by atoms with E-state index in [1.807, 2.05) is 53.4 Å². The molecular formula is C25H23N5O3S. The zero-order valence-corrected chi connectivity index (χ0v) is 19.4. The maximum Gasteiger partial charge on any atom is 0.213 e. The Kier molecular flexibility index (Phi) is 5.85. The van der Waals surface area contributed by atoms with Crippen LogP contribution in [-0.4, -0.2) is 42.8 Å². The number of pyridine rings is 3. The van der Waals surface area contributed by atoms with Crippen LogP contribution in [0, 0.1) is 0 Å². The minimum atomic E-state index is -3.32. The van der Waals surface area contributed by atoms with Gasteiger partial charge in [-0.2, -0.15) is 0 Å². The van der Waals surface area contributed by atoms with E-state index in [0.717, 1.165) is 22.8 Å². The first-order chi connectivity index (χ1) is 16.6. The Bertz CT molecular complexity index is 1400. The molecular weight excluding hydrogens is 450 g/mol. The van der Waals surface area contributed by atoms with Crippen molar-refractivity contribution in [2.24, 2.45) is 0 Å². The van der Waals surface area contributed by atoms with Gasteiger partial charge >= 0.3 is 0 Å². The number of aromatic nitrogens is 3. The number of ether oxygens (including phenoxy) is 1. The number of benzene rings is 1. The lowest BCUT2D eigenvalue weighted by Crippen LogP contribution is -2.33. The molecule has 9 heteroatoms. The molecule has 0 atom stereocenters. The number of hydrogen-bond donors (Lipinski definition) is 0. The lowest BCUT2D eigenvalue weighted by atomic mass is 10.1. The van der Waals surface area contributed by atoms with Gasteiger partial charge in [0.25, 0.3) is 0 Å². The Morgan fingerprint density at radius 3 is 2.53 bits per heavy atom. The number of methoxy groups -OCH3 is 1. The fourth-order valence-electron chi connectivity index (χ4n) is 4.07. The van der Waals surface area contributed by atoms with Crippen LogP contribution in [0.3, 0.4) is 0 Å². The first kappa shape index (κ1) is 21.8. The van der Waals surface area contributed by atoms with E-state index in [9.17, 15) is 8.42 Å². The van der Waals surface area contributed by atoms with E-state index in [4.69, 9.17) is 4.74 Å². The van der Waals surface area contributed by atoms with E-state index in [1.54, 1.807) is 44.0 Å². The van der Waals surface area contributed by atoms with Crippen molar-refractivity contribution in [1.29, 1.82) is 0 Å². The number of para-hydroxylation sites is 1. The maximum atomic E-state index is 12.7. The van der Waals surface area contributed by atoms with Crippen LogP contribution < -0.4 is 14.5 Å². The molecule has 4 heterocycles. The quantitative estimate of drug-likeness (QED) is 0.413. The van der Waals surface area contributed by atoms with Crippen molar-refractivity contribution in [3.63, 3.8) is 0 Å². The highest BCUT2D eigenvalue weighted by molar-refractivity contribution is 7.91. The van der Waals surface area contributed by atoms with E-state index < -0.39 is 9.84 Å². The highest BCUT2D eigenvalue weighted by atomic mass is 32.2. The topological polar surface area (TPSA) is 88.5 Å². The van der Waals surface area contributed by atoms with Crippen LogP contribution in [-0.2, 0) is 16.4 Å². The molecule has 0 N–H and O–H groups in total. The Balaban J connectivity index is 1.57. The first-order valence-corrected chi connectivity index (χ1v) is 12.4. The third-order valence-corrected chi connectivity index (χ3v) is 7.46. The van der Waals surface area contributed by atoms with Gasteiger partial charge in [0, 0.05) is 30.6 Å². The first-order valence-electron chi connectivity index (χ1n) is 10.8. The van der Waals surface area contributed by atoms with Crippen molar-refractivity contribution >= 4 is 32.7 Å². The minimum Gasteiger partial charge on any atom is -0.481 e. The second-order valence-electron chi connectivity index (χ2n) is 7.78. The van der Waals surface area contributed by atoms with Gasteiger partial charge in [-0.3, -0.25) is 4.98 Å². The molecule has 5 rings (SSSR count). The molecule has 4 aromatic rings. The zero-order chi connectivity index (χ0) is 23.5. The van der Waals surface area contributed by atoms with Crippen LogP contribution in [0.5, 0.6) is 5.88 Å². The smallest absolute Gasteiger partial charge is 0.213 e. The highest BCUT2D eigenvalue weighted by Gasteiger charge is 2.30. The monoisotopic (exact) mass is 473 g/mol. The van der Waals surface area contributed by atoms with Crippen molar-refractivity contribution in [1.82, 2.24) is 15.0 Å². The Morgan fingerprint density at radius 1 is 0.941 bits per heavy atom. The van der Waals surface area contributed by atoms with Gasteiger partial charge in [0.1, 0.15) is 5.82 Å². The van der Waals surface area contributed by atoms with Crippen molar-refractivity contribution in [2.45, 2.75) is 11.4 Å². The average molecular weight is 474 g/mol. The molecule has 0 unspecified atom stereocenters. The van der Waals surface area contributed by atoms with Gasteiger partial charge in [-0.1, -0.05) is 18.2 Å². The van der Waals surface area contributed by atoms with Crippen LogP contribution in [0.2, 0.25) is 0 Å². The number of sulfone groups is 1. The van der Waals surface area contributed by atoms with E-state index in [1.165, 1.54) is 0 Å². The standard InChI is InChI=1S/C25H23N5O3S/c1-33-24-11-10-21(17-28-24)30(20-7-5-12-26-16-20)18-19-6-4-13-27-25(19)29-14-15-34(31,32)23-9-3-2-8-22(23)29/h2-13,16-17H,14-15,18H2,1H3. The van der Waals surface area contributed by atoms with Crippen LogP contribution >= 0.6 is 0 Å². The second kappa shape index (κ2) is 9.11. The predicted octanol–water partition coefficient (Wildman–Crippen LogP) is 4.14. The van der Waals surface area contributed by atoms with Gasteiger partial charge in [0.2, 0.25) is 5.88 Å². The molecule has 0 fully saturated rings. The van der Waals surface area contributed by atoms with Gasteiger partial charge < -0.3 is 14.5 Å². The molecule has 34 heavy (non-hydrogen) atoms. The molecule has 3 aromatic heterocycles. The second-order valence-corrected chi connectivity index (χ2v) is 9.86. The summed E-state index contributed by atoms with van der Waals surface area (Å²) in [6.07, 6.45) is 7.01. The van der Waals surface area contributed by atoms with E-state index >= 15 is 0 Å². The summed E-state index contributed by atoms with van der Waals surface area (Å²) in [4.78, 5) is 17.7. The Morgan fingerprint density at radius 2 is 1.76 bits per heavy atom. The van der Waals surface area contributed by atoms with Crippen LogP contribution in [0.25, 0.3) is 0 Å². The third-order valence-electron chi connectivity index (χ3n) is 5.73. The van der Waals surface area contributed by atoms with Crippen molar-refractivity contribution < 1.29 is 13.2 Å². The fraction of sp³-hybridized carbons (Fsp3) is 0.160. The third kappa shape index (κ3) is 4.17. The van der Waals surface area contributed by atoms with E-state index in [0.29, 0.717) is 29.6 Å². The Hall–Kier alpha value is -3.98. The number of fused-ring (bicyclic) bond motifs is 1.